The molecule has 3 rings (SSSR count). The molecule has 1 saturated carbocycles. The number of carbonyl (C=O) groups is 1. The average Bonchev–Trinajstić information content (AvgIpc) is 3.11. The molecule has 2 heterocycles. The minimum atomic E-state index is -0.187. The van der Waals surface area contributed by atoms with Crippen molar-refractivity contribution in [1.29, 1.82) is 0 Å². The molecule has 0 bridgehead atoms. The summed E-state index contributed by atoms with van der Waals surface area (Å²) in [5.74, 6) is 1.73. The third kappa shape index (κ3) is 3.31. The van der Waals surface area contributed by atoms with Crippen molar-refractivity contribution in [3.8, 4) is 0 Å². The molecule has 1 saturated heterocycles. The lowest BCUT2D eigenvalue weighted by molar-refractivity contribution is -0.134. The second kappa shape index (κ2) is 6.65. The highest BCUT2D eigenvalue weighted by atomic mass is 16.3. The molecule has 2 aliphatic rings. The minimum absolute atomic E-state index is 0.156. The van der Waals surface area contributed by atoms with Gasteiger partial charge >= 0.3 is 0 Å². The van der Waals surface area contributed by atoms with Gasteiger partial charge in [0.25, 0.3) is 0 Å². The van der Waals surface area contributed by atoms with E-state index < -0.39 is 0 Å². The largest absolute Gasteiger partial charge is 0.466 e. The smallest absolute Gasteiger partial charge is 0.230 e. The lowest BCUT2D eigenvalue weighted by Gasteiger charge is -2.39. The fourth-order valence-corrected chi connectivity index (χ4v) is 4.11. The molecule has 1 amide bonds. The number of rotatable bonds is 3. The van der Waals surface area contributed by atoms with Gasteiger partial charge in [-0.25, -0.2) is 0 Å². The van der Waals surface area contributed by atoms with Gasteiger partial charge in [-0.1, -0.05) is 0 Å². The first-order valence-corrected chi connectivity index (χ1v) is 8.75. The summed E-state index contributed by atoms with van der Waals surface area (Å²) in [6.07, 6.45) is 2.92. The molecular weight excluding hydrogens is 292 g/mol. The Morgan fingerprint density at radius 3 is 2.48 bits per heavy atom. The maximum Gasteiger partial charge on any atom is 0.230 e. The number of amides is 1. The maximum atomic E-state index is 12.8. The quantitative estimate of drug-likeness (QED) is 0.926. The van der Waals surface area contributed by atoms with E-state index in [0.717, 1.165) is 62.5 Å². The van der Waals surface area contributed by atoms with Crippen LogP contribution in [0.15, 0.2) is 10.5 Å². The van der Waals surface area contributed by atoms with Gasteiger partial charge in [0.15, 0.2) is 0 Å². The molecule has 1 aliphatic carbocycles. The average molecular weight is 320 g/mol. The fraction of sp³-hybridized carbons (Fsp3) is 0.722. The van der Waals surface area contributed by atoms with Crippen molar-refractivity contribution in [3.63, 3.8) is 0 Å². The highest BCUT2D eigenvalue weighted by Crippen LogP contribution is 2.27. The molecular formula is C18H28N2O3. The van der Waals surface area contributed by atoms with E-state index in [4.69, 9.17) is 4.42 Å². The lowest BCUT2D eigenvalue weighted by Crippen LogP contribution is -2.54. The molecule has 0 aromatic carbocycles. The number of hydrogen-bond donors (Lipinski definition) is 1. The number of hydrogen-bond acceptors (Lipinski definition) is 4. The summed E-state index contributed by atoms with van der Waals surface area (Å²) in [6.45, 7) is 9.04. The first-order valence-electron chi connectivity index (χ1n) is 8.75. The van der Waals surface area contributed by atoms with Crippen molar-refractivity contribution in [2.24, 2.45) is 0 Å². The van der Waals surface area contributed by atoms with Gasteiger partial charge in [-0.15, -0.1) is 0 Å². The highest BCUT2D eigenvalue weighted by molar-refractivity contribution is 5.83. The Balaban J connectivity index is 1.58. The number of nitrogens with zero attached hydrogens (tertiary/aromatic N) is 2. The number of piperazine rings is 1. The third-order valence-electron chi connectivity index (χ3n) is 5.46. The molecule has 2 fully saturated rings. The van der Waals surface area contributed by atoms with Crippen molar-refractivity contribution >= 4 is 5.91 Å². The van der Waals surface area contributed by atoms with Gasteiger partial charge in [0, 0.05) is 37.8 Å². The Hall–Kier alpha value is -1.33. The second-order valence-corrected chi connectivity index (χ2v) is 7.02. The summed E-state index contributed by atoms with van der Waals surface area (Å²) in [5, 5.41) is 10.1. The Kier molecular flexibility index (Phi) is 4.78. The van der Waals surface area contributed by atoms with E-state index in [1.54, 1.807) is 0 Å². The van der Waals surface area contributed by atoms with Crippen molar-refractivity contribution in [3.05, 3.63) is 23.2 Å². The topological polar surface area (TPSA) is 56.9 Å². The van der Waals surface area contributed by atoms with Gasteiger partial charge in [-0.3, -0.25) is 9.69 Å². The molecule has 1 aromatic heterocycles. The van der Waals surface area contributed by atoms with Crippen molar-refractivity contribution in [1.82, 2.24) is 9.80 Å². The predicted molar refractivity (Wildman–Crippen MR) is 88.4 cm³/mol. The normalized spacial score (nSPS) is 27.4. The summed E-state index contributed by atoms with van der Waals surface area (Å²) in [6, 6.07) is 2.27. The zero-order chi connectivity index (χ0) is 16.6. The Morgan fingerprint density at radius 2 is 1.96 bits per heavy atom. The van der Waals surface area contributed by atoms with E-state index in [2.05, 4.69) is 4.90 Å². The van der Waals surface area contributed by atoms with Gasteiger partial charge in [0.05, 0.1) is 12.0 Å². The second-order valence-electron chi connectivity index (χ2n) is 7.02. The van der Waals surface area contributed by atoms with E-state index in [1.807, 2.05) is 31.7 Å². The molecule has 5 nitrogen and oxygen atoms in total. The van der Waals surface area contributed by atoms with Crippen LogP contribution in [0.2, 0.25) is 0 Å². The van der Waals surface area contributed by atoms with Gasteiger partial charge in [-0.05, 0) is 46.1 Å². The number of aryl methyl sites for hydroxylation is 2. The van der Waals surface area contributed by atoms with Crippen LogP contribution in [0.25, 0.3) is 0 Å². The van der Waals surface area contributed by atoms with Gasteiger partial charge < -0.3 is 14.4 Å². The number of aliphatic hydroxyl groups excluding tert-OH is 1. The molecule has 3 unspecified atom stereocenters. The van der Waals surface area contributed by atoms with Crippen molar-refractivity contribution in [2.75, 3.05) is 26.2 Å². The molecule has 1 aliphatic heterocycles. The van der Waals surface area contributed by atoms with E-state index >= 15 is 0 Å². The van der Waals surface area contributed by atoms with E-state index in [9.17, 15) is 9.90 Å². The molecule has 1 aromatic rings. The van der Waals surface area contributed by atoms with Crippen LogP contribution < -0.4 is 0 Å². The number of furan rings is 1. The van der Waals surface area contributed by atoms with Crippen LogP contribution in [0.3, 0.4) is 0 Å². The van der Waals surface area contributed by atoms with Gasteiger partial charge in [0.2, 0.25) is 5.91 Å². The van der Waals surface area contributed by atoms with Crippen molar-refractivity contribution < 1.29 is 14.3 Å². The highest BCUT2D eigenvalue weighted by Gasteiger charge is 2.34. The number of carbonyl (C=O) groups excluding carboxylic acids is 1. The van der Waals surface area contributed by atoms with Crippen LogP contribution in [0.4, 0.5) is 0 Å². The summed E-state index contributed by atoms with van der Waals surface area (Å²) < 4.78 is 5.56. The summed E-state index contributed by atoms with van der Waals surface area (Å²) >= 11 is 0. The maximum absolute atomic E-state index is 12.8. The first-order chi connectivity index (χ1) is 11.0. The molecule has 1 N–H and O–H groups in total. The van der Waals surface area contributed by atoms with Crippen LogP contribution in [-0.4, -0.2) is 59.1 Å². The molecule has 5 heteroatoms. The molecule has 3 atom stereocenters. The van der Waals surface area contributed by atoms with Crippen LogP contribution in [0.1, 0.15) is 49.2 Å². The van der Waals surface area contributed by atoms with Crippen LogP contribution in [0.5, 0.6) is 0 Å². The molecule has 0 radical (unpaired) electrons. The SMILES string of the molecule is Cc1cc(C(C)C(=O)N2CCN(C3CCCC3O)CC2)c(C)o1. The molecule has 0 spiro atoms. The van der Waals surface area contributed by atoms with Gasteiger partial charge in [-0.2, -0.15) is 0 Å². The third-order valence-corrected chi connectivity index (χ3v) is 5.46. The van der Waals surface area contributed by atoms with Crippen LogP contribution in [-0.2, 0) is 4.79 Å². The lowest BCUT2D eigenvalue weighted by atomic mass is 9.99. The summed E-state index contributed by atoms with van der Waals surface area (Å²) in [7, 11) is 0. The van der Waals surface area contributed by atoms with E-state index in [-0.39, 0.29) is 17.9 Å². The van der Waals surface area contributed by atoms with Gasteiger partial charge in [0.1, 0.15) is 11.5 Å². The first kappa shape index (κ1) is 16.5. The summed E-state index contributed by atoms with van der Waals surface area (Å²) in [5.41, 5.74) is 1.00. The Labute approximate surface area is 138 Å². The number of aliphatic hydroxyl groups is 1. The van der Waals surface area contributed by atoms with Crippen LogP contribution in [0, 0.1) is 13.8 Å². The zero-order valence-corrected chi connectivity index (χ0v) is 14.4. The molecule has 128 valence electrons. The van der Waals surface area contributed by atoms with Crippen LogP contribution >= 0.6 is 0 Å². The fourth-order valence-electron chi connectivity index (χ4n) is 4.11. The minimum Gasteiger partial charge on any atom is -0.466 e. The Morgan fingerprint density at radius 1 is 1.26 bits per heavy atom. The predicted octanol–water partition coefficient (Wildman–Crippen LogP) is 2.06. The monoisotopic (exact) mass is 320 g/mol. The van der Waals surface area contributed by atoms with E-state index in [1.165, 1.54) is 0 Å². The molecule has 23 heavy (non-hydrogen) atoms. The standard InChI is InChI=1S/C18H28N2O3/c1-12-11-15(14(3)23-12)13(2)18(22)20-9-7-19(8-10-20)16-5-4-6-17(16)21/h11,13,16-17,21H,4-10H2,1-3H3. The summed E-state index contributed by atoms with van der Waals surface area (Å²) in [4.78, 5) is 17.1. The van der Waals surface area contributed by atoms with Crippen molar-refractivity contribution in [2.45, 2.75) is 58.1 Å². The Bertz CT molecular complexity index is 561. The zero-order valence-electron chi connectivity index (χ0n) is 14.4. The van der Waals surface area contributed by atoms with E-state index in [0.29, 0.717) is 6.04 Å².